The van der Waals surface area contributed by atoms with Crippen molar-refractivity contribution in [2.24, 2.45) is 11.8 Å². The fourth-order valence-corrected chi connectivity index (χ4v) is 3.55. The Morgan fingerprint density at radius 1 is 1.36 bits per heavy atom. The van der Waals surface area contributed by atoms with Crippen molar-refractivity contribution in [3.8, 4) is 0 Å². The summed E-state index contributed by atoms with van der Waals surface area (Å²) in [5.74, 6) is -1.25. The van der Waals surface area contributed by atoms with Crippen molar-refractivity contribution in [3.05, 3.63) is 0 Å². The van der Waals surface area contributed by atoms with Gasteiger partial charge in [-0.1, -0.05) is 26.7 Å². The van der Waals surface area contributed by atoms with Crippen LogP contribution in [0, 0.1) is 11.8 Å². The molecule has 3 nitrogen and oxygen atoms in total. The Bertz CT molecular complexity index is 293. The van der Waals surface area contributed by atoms with E-state index in [0.29, 0.717) is 12.8 Å². The first-order valence-corrected chi connectivity index (χ1v) is 6.40. The average Bonchev–Trinajstić information content (AvgIpc) is 2.52. The third-order valence-corrected chi connectivity index (χ3v) is 4.69. The van der Waals surface area contributed by atoms with E-state index in [1.807, 2.05) is 0 Å². The second kappa shape index (κ2) is 3.77. The van der Waals surface area contributed by atoms with Gasteiger partial charge < -0.3 is 0 Å². The van der Waals surface area contributed by atoms with Gasteiger partial charge in [-0.2, -0.15) is 8.42 Å². The lowest BCUT2D eigenvalue weighted by Gasteiger charge is -2.31. The van der Waals surface area contributed by atoms with Gasteiger partial charge in [0.05, 0.1) is 0 Å². The first-order valence-electron chi connectivity index (χ1n) is 4.96. The highest BCUT2D eigenvalue weighted by atomic mass is 32.2. The van der Waals surface area contributed by atoms with Crippen molar-refractivity contribution in [3.63, 3.8) is 0 Å². The van der Waals surface area contributed by atoms with E-state index < -0.39 is 27.0 Å². The minimum atomic E-state index is -4.61. The molecule has 0 aromatic carbocycles. The Kier molecular flexibility index (Phi) is 3.21. The topological polar surface area (TPSA) is 54.4 Å². The molecule has 1 N–H and O–H groups in total. The highest BCUT2D eigenvalue weighted by molar-refractivity contribution is 7.87. The van der Waals surface area contributed by atoms with E-state index in [2.05, 4.69) is 0 Å². The van der Waals surface area contributed by atoms with E-state index in [0.717, 1.165) is 12.8 Å². The number of alkyl halides is 1. The van der Waals surface area contributed by atoms with Gasteiger partial charge in [-0.3, -0.25) is 4.55 Å². The zero-order chi connectivity index (χ0) is 11.0. The van der Waals surface area contributed by atoms with Gasteiger partial charge in [0, 0.05) is 11.8 Å². The maximum Gasteiger partial charge on any atom is 0.300 e. The van der Waals surface area contributed by atoms with Gasteiger partial charge in [-0.15, -0.1) is 0 Å². The van der Waals surface area contributed by atoms with Crippen LogP contribution in [0.5, 0.6) is 0 Å². The maximum absolute atomic E-state index is 14.3. The monoisotopic (exact) mass is 224 g/mol. The molecule has 1 saturated carbocycles. The Morgan fingerprint density at radius 3 is 2.07 bits per heavy atom. The van der Waals surface area contributed by atoms with Crippen LogP contribution in [-0.4, -0.2) is 18.0 Å². The summed E-state index contributed by atoms with van der Waals surface area (Å²) >= 11 is 0. The van der Waals surface area contributed by atoms with Gasteiger partial charge in [0.25, 0.3) is 0 Å². The molecule has 0 amide bonds. The molecule has 0 heterocycles. The van der Waals surface area contributed by atoms with Crippen LogP contribution in [0.1, 0.15) is 39.5 Å². The van der Waals surface area contributed by atoms with Crippen molar-refractivity contribution >= 4 is 10.1 Å². The van der Waals surface area contributed by atoms with Crippen LogP contribution >= 0.6 is 0 Å². The molecule has 0 radical (unpaired) electrons. The zero-order valence-corrected chi connectivity index (χ0v) is 9.35. The summed E-state index contributed by atoms with van der Waals surface area (Å²) in [6.45, 7) is 2.98. The largest absolute Gasteiger partial charge is 0.300 e. The van der Waals surface area contributed by atoms with Gasteiger partial charge in [0.2, 0.25) is 5.00 Å². The van der Waals surface area contributed by atoms with E-state index >= 15 is 0 Å². The van der Waals surface area contributed by atoms with Gasteiger partial charge in [0.15, 0.2) is 0 Å². The van der Waals surface area contributed by atoms with Crippen molar-refractivity contribution in [2.75, 3.05) is 0 Å². The van der Waals surface area contributed by atoms with Crippen LogP contribution in [0.3, 0.4) is 0 Å². The minimum Gasteiger partial charge on any atom is -0.283 e. The van der Waals surface area contributed by atoms with Gasteiger partial charge in [-0.05, 0) is 12.8 Å². The summed E-state index contributed by atoms with van der Waals surface area (Å²) in [6, 6.07) is 0. The smallest absolute Gasteiger partial charge is 0.283 e. The molecular weight excluding hydrogens is 207 g/mol. The van der Waals surface area contributed by atoms with E-state index in [1.165, 1.54) is 13.8 Å². The summed E-state index contributed by atoms with van der Waals surface area (Å²) < 4.78 is 45.4. The molecule has 1 rings (SSSR count). The van der Waals surface area contributed by atoms with Crippen molar-refractivity contribution < 1.29 is 17.4 Å². The number of hydrogen-bond acceptors (Lipinski definition) is 2. The third kappa shape index (κ3) is 1.80. The van der Waals surface area contributed by atoms with Crippen LogP contribution in [0.15, 0.2) is 0 Å². The first kappa shape index (κ1) is 11.9. The molecule has 0 spiro atoms. The van der Waals surface area contributed by atoms with E-state index in [-0.39, 0.29) is 0 Å². The summed E-state index contributed by atoms with van der Waals surface area (Å²) in [6.07, 6.45) is 2.79. The summed E-state index contributed by atoms with van der Waals surface area (Å²) in [7, 11) is -4.61. The molecule has 1 unspecified atom stereocenters. The quantitative estimate of drug-likeness (QED) is 0.749. The normalized spacial score (nSPS) is 24.1. The lowest BCUT2D eigenvalue weighted by atomic mass is 9.92. The lowest BCUT2D eigenvalue weighted by Crippen LogP contribution is -2.45. The molecule has 1 aliphatic carbocycles. The number of rotatable bonds is 3. The molecule has 0 bridgehead atoms. The highest BCUT2D eigenvalue weighted by Gasteiger charge is 2.53. The highest BCUT2D eigenvalue weighted by Crippen LogP contribution is 2.44. The van der Waals surface area contributed by atoms with Crippen LogP contribution in [0.4, 0.5) is 4.39 Å². The molecule has 1 fully saturated rings. The fourth-order valence-electron chi connectivity index (χ4n) is 2.30. The summed E-state index contributed by atoms with van der Waals surface area (Å²) in [5.41, 5.74) is 0. The predicted molar refractivity (Wildman–Crippen MR) is 52.2 cm³/mol. The van der Waals surface area contributed by atoms with Gasteiger partial charge in [-0.25, -0.2) is 4.39 Å². The molecular formula is C9H17FO3S. The van der Waals surface area contributed by atoms with E-state index in [4.69, 9.17) is 4.55 Å². The molecule has 0 aromatic heterocycles. The molecule has 0 saturated heterocycles. The SMILES string of the molecule is CC(C)C(F)(C1CCCC1)S(=O)(=O)O. The standard InChI is InChI=1S/C9H17FO3S/c1-7(2)9(10,14(11,12)13)8-5-3-4-6-8/h7-8H,3-6H2,1-2H3,(H,11,12,13). The first-order chi connectivity index (χ1) is 6.30. The molecule has 0 aliphatic heterocycles. The third-order valence-electron chi connectivity index (χ3n) is 3.09. The summed E-state index contributed by atoms with van der Waals surface area (Å²) in [4.78, 5) is 0. The molecule has 14 heavy (non-hydrogen) atoms. The van der Waals surface area contributed by atoms with Gasteiger partial charge >= 0.3 is 10.1 Å². The Morgan fingerprint density at radius 2 is 1.79 bits per heavy atom. The second-order valence-electron chi connectivity index (χ2n) is 4.31. The molecule has 0 aromatic rings. The maximum atomic E-state index is 14.3. The average molecular weight is 224 g/mol. The molecule has 1 aliphatic rings. The van der Waals surface area contributed by atoms with E-state index in [1.54, 1.807) is 0 Å². The van der Waals surface area contributed by atoms with Crippen molar-refractivity contribution in [1.82, 2.24) is 0 Å². The summed E-state index contributed by atoms with van der Waals surface area (Å²) in [5, 5.41) is -2.45. The Balaban J connectivity index is 3.04. The van der Waals surface area contributed by atoms with E-state index in [9.17, 15) is 12.8 Å². The van der Waals surface area contributed by atoms with Crippen LogP contribution in [0.25, 0.3) is 0 Å². The fraction of sp³-hybridized carbons (Fsp3) is 1.00. The molecule has 5 heteroatoms. The zero-order valence-electron chi connectivity index (χ0n) is 8.53. The Hall–Kier alpha value is -0.160. The van der Waals surface area contributed by atoms with Crippen LogP contribution in [-0.2, 0) is 10.1 Å². The van der Waals surface area contributed by atoms with Crippen molar-refractivity contribution in [2.45, 2.75) is 44.5 Å². The van der Waals surface area contributed by atoms with Crippen LogP contribution < -0.4 is 0 Å². The molecule has 1 atom stereocenters. The Labute approximate surface area is 84.4 Å². The van der Waals surface area contributed by atoms with Crippen LogP contribution in [0.2, 0.25) is 0 Å². The minimum absolute atomic E-state index is 0.544. The number of hydrogen-bond donors (Lipinski definition) is 1. The predicted octanol–water partition coefficient (Wildman–Crippen LogP) is 2.39. The molecule has 84 valence electrons. The lowest BCUT2D eigenvalue weighted by molar-refractivity contribution is 0.108. The van der Waals surface area contributed by atoms with Crippen molar-refractivity contribution in [1.29, 1.82) is 0 Å². The second-order valence-corrected chi connectivity index (χ2v) is 5.88. The number of halogens is 1. The van der Waals surface area contributed by atoms with Gasteiger partial charge in [0.1, 0.15) is 0 Å².